The first-order valence-electron chi connectivity index (χ1n) is 7.35. The summed E-state index contributed by atoms with van der Waals surface area (Å²) < 4.78 is 4.87. The summed E-state index contributed by atoms with van der Waals surface area (Å²) in [5.41, 5.74) is 2.80. The fourth-order valence-corrected chi connectivity index (χ4v) is 3.86. The zero-order chi connectivity index (χ0) is 14.2. The van der Waals surface area contributed by atoms with Crippen molar-refractivity contribution in [3.8, 4) is 0 Å². The molecule has 2 aliphatic carbocycles. The Morgan fingerprint density at radius 1 is 1.42 bits per heavy atom. The van der Waals surface area contributed by atoms with Gasteiger partial charge in [-0.2, -0.15) is 0 Å². The van der Waals surface area contributed by atoms with Crippen LogP contribution in [0.1, 0.15) is 52.9 Å². The van der Waals surface area contributed by atoms with Crippen LogP contribution in [0.5, 0.6) is 0 Å². The molecule has 1 saturated carbocycles. The lowest BCUT2D eigenvalue weighted by Gasteiger charge is -2.46. The molecule has 0 amide bonds. The number of aliphatic hydroxyl groups excluding tert-OH is 1. The standard InChI is InChI=1S/C16H26O3/c1-10(15(18)19-4)12-5-7-16(3)8-6-14(17)11(2)13(16)9-12/h10,12,14,17H,5-9H2,1-4H3. The third kappa shape index (κ3) is 2.58. The third-order valence-corrected chi connectivity index (χ3v) is 5.49. The first-order chi connectivity index (χ1) is 8.89. The molecule has 108 valence electrons. The van der Waals surface area contributed by atoms with Gasteiger partial charge in [0, 0.05) is 0 Å². The molecule has 0 spiro atoms. The molecule has 3 nitrogen and oxygen atoms in total. The number of carbonyl (C=O) groups is 1. The minimum atomic E-state index is -0.282. The maximum Gasteiger partial charge on any atom is 0.308 e. The number of ether oxygens (including phenoxy) is 1. The Kier molecular flexibility index (Phi) is 4.05. The molecule has 0 saturated heterocycles. The van der Waals surface area contributed by atoms with Gasteiger partial charge < -0.3 is 9.84 Å². The van der Waals surface area contributed by atoms with Crippen molar-refractivity contribution in [2.24, 2.45) is 17.3 Å². The van der Waals surface area contributed by atoms with Gasteiger partial charge in [-0.1, -0.05) is 19.4 Å². The number of aliphatic hydroxyl groups is 1. The van der Waals surface area contributed by atoms with Crippen LogP contribution in [0, 0.1) is 17.3 Å². The summed E-state index contributed by atoms with van der Waals surface area (Å²) >= 11 is 0. The SMILES string of the molecule is COC(=O)C(C)C1CCC2(C)CCC(O)C(C)=C2C1. The van der Waals surface area contributed by atoms with Crippen molar-refractivity contribution in [3.63, 3.8) is 0 Å². The highest BCUT2D eigenvalue weighted by molar-refractivity contribution is 5.72. The van der Waals surface area contributed by atoms with Crippen LogP contribution in [0.3, 0.4) is 0 Å². The van der Waals surface area contributed by atoms with Crippen molar-refractivity contribution in [2.75, 3.05) is 7.11 Å². The first kappa shape index (κ1) is 14.6. The van der Waals surface area contributed by atoms with E-state index in [-0.39, 0.29) is 23.4 Å². The van der Waals surface area contributed by atoms with E-state index in [9.17, 15) is 9.90 Å². The Morgan fingerprint density at radius 3 is 2.68 bits per heavy atom. The van der Waals surface area contributed by atoms with E-state index in [2.05, 4.69) is 13.8 Å². The topological polar surface area (TPSA) is 46.5 Å². The summed E-state index contributed by atoms with van der Waals surface area (Å²) in [6, 6.07) is 0. The molecule has 3 heteroatoms. The predicted molar refractivity (Wildman–Crippen MR) is 74.6 cm³/mol. The minimum absolute atomic E-state index is 0.0473. The van der Waals surface area contributed by atoms with E-state index in [1.807, 2.05) is 6.92 Å². The van der Waals surface area contributed by atoms with Crippen LogP contribution in [0.4, 0.5) is 0 Å². The largest absolute Gasteiger partial charge is 0.469 e. The number of hydrogen-bond donors (Lipinski definition) is 1. The molecule has 0 aromatic heterocycles. The van der Waals surface area contributed by atoms with Crippen molar-refractivity contribution in [1.82, 2.24) is 0 Å². The van der Waals surface area contributed by atoms with Crippen LogP contribution < -0.4 is 0 Å². The monoisotopic (exact) mass is 266 g/mol. The van der Waals surface area contributed by atoms with Crippen molar-refractivity contribution in [3.05, 3.63) is 11.1 Å². The van der Waals surface area contributed by atoms with Gasteiger partial charge in [0.2, 0.25) is 0 Å². The van der Waals surface area contributed by atoms with E-state index < -0.39 is 0 Å². The molecule has 2 aliphatic rings. The summed E-state index contributed by atoms with van der Waals surface area (Å²) in [6.45, 7) is 6.34. The van der Waals surface area contributed by atoms with E-state index in [0.29, 0.717) is 5.92 Å². The maximum atomic E-state index is 11.7. The molecule has 1 fully saturated rings. The number of esters is 1. The van der Waals surface area contributed by atoms with Gasteiger partial charge in [-0.25, -0.2) is 0 Å². The molecular formula is C16H26O3. The molecule has 0 aliphatic heterocycles. The van der Waals surface area contributed by atoms with Gasteiger partial charge in [-0.15, -0.1) is 0 Å². The molecule has 4 atom stereocenters. The van der Waals surface area contributed by atoms with Gasteiger partial charge in [0.15, 0.2) is 0 Å². The Bertz CT molecular complexity index is 399. The zero-order valence-corrected chi connectivity index (χ0v) is 12.5. The van der Waals surface area contributed by atoms with E-state index in [1.54, 1.807) is 0 Å². The van der Waals surface area contributed by atoms with E-state index in [0.717, 1.165) is 37.7 Å². The summed E-state index contributed by atoms with van der Waals surface area (Å²) in [5, 5.41) is 10.1. The summed E-state index contributed by atoms with van der Waals surface area (Å²) in [4.78, 5) is 11.7. The van der Waals surface area contributed by atoms with Gasteiger partial charge >= 0.3 is 5.97 Å². The maximum absolute atomic E-state index is 11.7. The van der Waals surface area contributed by atoms with E-state index >= 15 is 0 Å². The van der Waals surface area contributed by atoms with Crippen LogP contribution >= 0.6 is 0 Å². The molecule has 0 bridgehead atoms. The number of fused-ring (bicyclic) bond motifs is 1. The van der Waals surface area contributed by atoms with Gasteiger partial charge in [0.25, 0.3) is 0 Å². The van der Waals surface area contributed by atoms with Gasteiger partial charge in [0.1, 0.15) is 0 Å². The lowest BCUT2D eigenvalue weighted by molar-refractivity contribution is -0.147. The van der Waals surface area contributed by atoms with Crippen molar-refractivity contribution in [1.29, 1.82) is 0 Å². The lowest BCUT2D eigenvalue weighted by atomic mass is 9.60. The summed E-state index contributed by atoms with van der Waals surface area (Å²) in [6.07, 6.45) is 4.81. The Labute approximate surface area is 116 Å². The van der Waals surface area contributed by atoms with Crippen LogP contribution in [0.2, 0.25) is 0 Å². The second-order valence-electron chi connectivity index (χ2n) is 6.59. The second kappa shape index (κ2) is 5.28. The van der Waals surface area contributed by atoms with Crippen LogP contribution in [-0.2, 0) is 9.53 Å². The minimum Gasteiger partial charge on any atom is -0.469 e. The predicted octanol–water partition coefficient (Wildman–Crippen LogP) is 3.07. The van der Waals surface area contributed by atoms with E-state index in [1.165, 1.54) is 12.7 Å². The summed E-state index contributed by atoms with van der Waals surface area (Å²) in [5.74, 6) is 0.202. The highest BCUT2D eigenvalue weighted by atomic mass is 16.5. The Hall–Kier alpha value is -0.830. The normalized spacial score (nSPS) is 36.7. The number of rotatable bonds is 2. The molecule has 1 N–H and O–H groups in total. The summed E-state index contributed by atoms with van der Waals surface area (Å²) in [7, 11) is 1.46. The number of allylic oxidation sites excluding steroid dienone is 1. The smallest absolute Gasteiger partial charge is 0.308 e. The second-order valence-corrected chi connectivity index (χ2v) is 6.59. The number of carbonyl (C=O) groups excluding carboxylic acids is 1. The molecule has 0 radical (unpaired) electrons. The quantitative estimate of drug-likeness (QED) is 0.617. The third-order valence-electron chi connectivity index (χ3n) is 5.49. The molecule has 0 heterocycles. The van der Waals surface area contributed by atoms with E-state index in [4.69, 9.17) is 4.74 Å². The van der Waals surface area contributed by atoms with Gasteiger partial charge in [-0.05, 0) is 55.9 Å². The van der Waals surface area contributed by atoms with Gasteiger partial charge in [-0.3, -0.25) is 4.79 Å². The Morgan fingerprint density at radius 2 is 2.05 bits per heavy atom. The fraction of sp³-hybridized carbons (Fsp3) is 0.812. The fourth-order valence-electron chi connectivity index (χ4n) is 3.86. The molecule has 2 rings (SSSR count). The van der Waals surface area contributed by atoms with Crippen LogP contribution in [-0.4, -0.2) is 24.3 Å². The highest BCUT2D eigenvalue weighted by Gasteiger charge is 2.42. The Balaban J connectivity index is 2.21. The zero-order valence-electron chi connectivity index (χ0n) is 12.5. The first-order valence-corrected chi connectivity index (χ1v) is 7.35. The highest BCUT2D eigenvalue weighted by Crippen LogP contribution is 2.52. The van der Waals surface area contributed by atoms with Crippen molar-refractivity contribution in [2.45, 2.75) is 59.0 Å². The number of methoxy groups -OCH3 is 1. The lowest BCUT2D eigenvalue weighted by Crippen LogP contribution is -2.37. The van der Waals surface area contributed by atoms with Gasteiger partial charge in [0.05, 0.1) is 19.1 Å². The molecule has 0 aromatic rings. The molecule has 4 unspecified atom stereocenters. The number of hydrogen-bond acceptors (Lipinski definition) is 3. The van der Waals surface area contributed by atoms with Crippen LogP contribution in [0.15, 0.2) is 11.1 Å². The molecule has 0 aromatic carbocycles. The van der Waals surface area contributed by atoms with Crippen molar-refractivity contribution >= 4 is 5.97 Å². The molecular weight excluding hydrogens is 240 g/mol. The average Bonchev–Trinajstić information content (AvgIpc) is 2.41. The van der Waals surface area contributed by atoms with Crippen molar-refractivity contribution < 1.29 is 14.6 Å². The average molecular weight is 266 g/mol. The van der Waals surface area contributed by atoms with Crippen LogP contribution in [0.25, 0.3) is 0 Å². The molecule has 19 heavy (non-hydrogen) atoms.